The van der Waals surface area contributed by atoms with Crippen LogP contribution in [0.15, 0.2) is 34.8 Å². The molecule has 3 nitrogen and oxygen atoms in total. The lowest BCUT2D eigenvalue weighted by atomic mass is 10.1. The number of rotatable bonds is 5. The van der Waals surface area contributed by atoms with Gasteiger partial charge in [-0.05, 0) is 37.6 Å². The van der Waals surface area contributed by atoms with Crippen LogP contribution in [0.5, 0.6) is 0 Å². The number of ketones is 1. The van der Waals surface area contributed by atoms with Gasteiger partial charge in [0.25, 0.3) is 0 Å². The third-order valence-electron chi connectivity index (χ3n) is 2.95. The van der Waals surface area contributed by atoms with E-state index in [2.05, 4.69) is 21.0 Å². The Kier molecular flexibility index (Phi) is 4.53. The monoisotopic (exact) mass is 320 g/mol. The largest absolute Gasteiger partial charge is 0.299 e. The maximum absolute atomic E-state index is 12.1. The summed E-state index contributed by atoms with van der Waals surface area (Å²) in [6, 6.07) is 9.87. The molecular weight excluding hydrogens is 304 g/mol. The Morgan fingerprint density at radius 1 is 1.32 bits per heavy atom. The molecule has 1 aromatic heterocycles. The van der Waals surface area contributed by atoms with Crippen LogP contribution < -0.4 is 0 Å². The van der Waals surface area contributed by atoms with Crippen molar-refractivity contribution in [2.45, 2.75) is 33.2 Å². The van der Waals surface area contributed by atoms with E-state index in [9.17, 15) is 4.79 Å². The predicted molar refractivity (Wildman–Crippen MR) is 79.2 cm³/mol. The van der Waals surface area contributed by atoms with Crippen molar-refractivity contribution in [1.82, 2.24) is 9.78 Å². The van der Waals surface area contributed by atoms with Crippen molar-refractivity contribution >= 4 is 21.7 Å². The molecular formula is C15H17BrN2O. The van der Waals surface area contributed by atoms with Crippen LogP contribution in [-0.4, -0.2) is 15.6 Å². The number of halogens is 1. The second-order valence-electron chi connectivity index (χ2n) is 4.61. The molecule has 2 aromatic rings. The highest BCUT2D eigenvalue weighted by molar-refractivity contribution is 9.10. The van der Waals surface area contributed by atoms with E-state index >= 15 is 0 Å². The molecule has 0 saturated heterocycles. The maximum Gasteiger partial charge on any atom is 0.143 e. The van der Waals surface area contributed by atoms with Gasteiger partial charge in [0.15, 0.2) is 0 Å². The Bertz CT molecular complexity index is 590. The van der Waals surface area contributed by atoms with Gasteiger partial charge >= 0.3 is 0 Å². The number of benzene rings is 1. The number of nitrogens with zero attached hydrogens (tertiary/aromatic N) is 2. The minimum absolute atomic E-state index is 0.215. The summed E-state index contributed by atoms with van der Waals surface area (Å²) in [6.45, 7) is 4.79. The van der Waals surface area contributed by atoms with Gasteiger partial charge in [0, 0.05) is 29.6 Å². The van der Waals surface area contributed by atoms with E-state index in [0.29, 0.717) is 12.8 Å². The molecule has 0 N–H and O–H groups in total. The van der Waals surface area contributed by atoms with E-state index in [-0.39, 0.29) is 5.78 Å². The SMILES string of the molecule is CCn1nc(C)cc1CC(=O)Cc1cccc(Br)c1. The molecule has 1 heterocycles. The van der Waals surface area contributed by atoms with Crippen molar-refractivity contribution < 1.29 is 4.79 Å². The van der Waals surface area contributed by atoms with Crippen LogP contribution in [0.1, 0.15) is 23.9 Å². The number of carbonyl (C=O) groups is 1. The fourth-order valence-corrected chi connectivity index (χ4v) is 2.60. The summed E-state index contributed by atoms with van der Waals surface area (Å²) in [5.41, 5.74) is 3.01. The Morgan fingerprint density at radius 3 is 2.79 bits per heavy atom. The summed E-state index contributed by atoms with van der Waals surface area (Å²) in [7, 11) is 0. The summed E-state index contributed by atoms with van der Waals surface area (Å²) in [5.74, 6) is 0.215. The summed E-state index contributed by atoms with van der Waals surface area (Å²) in [5, 5.41) is 4.36. The Hall–Kier alpha value is -1.42. The highest BCUT2D eigenvalue weighted by Gasteiger charge is 2.10. The number of hydrogen-bond donors (Lipinski definition) is 0. The summed E-state index contributed by atoms with van der Waals surface area (Å²) >= 11 is 3.42. The highest BCUT2D eigenvalue weighted by atomic mass is 79.9. The first kappa shape index (κ1) is 14.0. The smallest absolute Gasteiger partial charge is 0.143 e. The van der Waals surface area contributed by atoms with Gasteiger partial charge in [-0.25, -0.2) is 0 Å². The van der Waals surface area contributed by atoms with Crippen molar-refractivity contribution in [2.24, 2.45) is 0 Å². The van der Waals surface area contributed by atoms with Gasteiger partial charge < -0.3 is 0 Å². The number of aromatic nitrogens is 2. The average molecular weight is 321 g/mol. The van der Waals surface area contributed by atoms with E-state index in [1.54, 1.807) is 0 Å². The van der Waals surface area contributed by atoms with E-state index in [4.69, 9.17) is 0 Å². The predicted octanol–water partition coefficient (Wildman–Crippen LogP) is 3.33. The van der Waals surface area contributed by atoms with Crippen LogP contribution in [0.2, 0.25) is 0 Å². The standard InChI is InChI=1S/C15H17BrN2O/c1-3-18-14(7-11(2)17-18)10-15(19)9-12-5-4-6-13(16)8-12/h4-8H,3,9-10H2,1-2H3. The molecule has 0 aliphatic carbocycles. The number of aryl methyl sites for hydroxylation is 2. The Morgan fingerprint density at radius 2 is 2.11 bits per heavy atom. The lowest BCUT2D eigenvalue weighted by Crippen LogP contribution is -2.11. The molecule has 0 saturated carbocycles. The lowest BCUT2D eigenvalue weighted by molar-refractivity contribution is -0.117. The first-order chi connectivity index (χ1) is 9.08. The zero-order valence-corrected chi connectivity index (χ0v) is 12.8. The summed E-state index contributed by atoms with van der Waals surface area (Å²) in [4.78, 5) is 12.1. The van der Waals surface area contributed by atoms with Crippen LogP contribution in [0, 0.1) is 6.92 Å². The minimum Gasteiger partial charge on any atom is -0.299 e. The van der Waals surface area contributed by atoms with Gasteiger partial charge in [-0.2, -0.15) is 5.10 Å². The summed E-state index contributed by atoms with van der Waals surface area (Å²) < 4.78 is 2.90. The van der Waals surface area contributed by atoms with Crippen molar-refractivity contribution in [3.8, 4) is 0 Å². The molecule has 0 fully saturated rings. The molecule has 0 bridgehead atoms. The van der Waals surface area contributed by atoms with Crippen LogP contribution in [0.4, 0.5) is 0 Å². The van der Waals surface area contributed by atoms with Gasteiger partial charge in [0.1, 0.15) is 5.78 Å². The molecule has 0 radical (unpaired) electrons. The molecule has 0 aliphatic heterocycles. The molecule has 0 amide bonds. The van der Waals surface area contributed by atoms with Crippen molar-refractivity contribution in [3.05, 3.63) is 51.8 Å². The Balaban J connectivity index is 2.05. The fraction of sp³-hybridized carbons (Fsp3) is 0.333. The molecule has 0 aliphatic rings. The van der Waals surface area contributed by atoms with E-state index < -0.39 is 0 Å². The molecule has 100 valence electrons. The first-order valence-electron chi connectivity index (χ1n) is 6.38. The average Bonchev–Trinajstić information content (AvgIpc) is 2.69. The number of carbonyl (C=O) groups excluding carboxylic acids is 1. The van der Waals surface area contributed by atoms with Crippen molar-refractivity contribution in [1.29, 1.82) is 0 Å². The summed E-state index contributed by atoms with van der Waals surface area (Å²) in [6.07, 6.45) is 0.911. The third-order valence-corrected chi connectivity index (χ3v) is 3.45. The highest BCUT2D eigenvalue weighted by Crippen LogP contribution is 2.13. The normalized spacial score (nSPS) is 10.7. The number of Topliss-reactive ketones (excluding diaryl/α,β-unsaturated/α-hetero) is 1. The second-order valence-corrected chi connectivity index (χ2v) is 5.53. The molecule has 1 aromatic carbocycles. The van der Waals surface area contributed by atoms with E-state index in [1.165, 1.54) is 0 Å². The molecule has 2 rings (SSSR count). The molecule has 0 atom stereocenters. The van der Waals surface area contributed by atoms with Crippen molar-refractivity contribution in [3.63, 3.8) is 0 Å². The van der Waals surface area contributed by atoms with Gasteiger partial charge in [-0.3, -0.25) is 9.48 Å². The van der Waals surface area contributed by atoms with Crippen molar-refractivity contribution in [2.75, 3.05) is 0 Å². The molecule has 19 heavy (non-hydrogen) atoms. The number of hydrogen-bond acceptors (Lipinski definition) is 2. The molecule has 0 unspecified atom stereocenters. The van der Waals surface area contributed by atoms with E-state index in [1.807, 2.05) is 48.9 Å². The molecule has 0 spiro atoms. The zero-order valence-electron chi connectivity index (χ0n) is 11.2. The van der Waals surface area contributed by atoms with Gasteiger partial charge in [0.2, 0.25) is 0 Å². The van der Waals surface area contributed by atoms with Gasteiger partial charge in [-0.15, -0.1) is 0 Å². The minimum atomic E-state index is 0.215. The van der Waals surface area contributed by atoms with Crippen LogP contribution in [0.25, 0.3) is 0 Å². The molecule has 4 heteroatoms. The Labute approximate surface area is 121 Å². The maximum atomic E-state index is 12.1. The van der Waals surface area contributed by atoms with Gasteiger partial charge in [-0.1, -0.05) is 28.1 Å². The third kappa shape index (κ3) is 3.77. The fourth-order valence-electron chi connectivity index (χ4n) is 2.15. The quantitative estimate of drug-likeness (QED) is 0.847. The van der Waals surface area contributed by atoms with Crippen LogP contribution in [0.3, 0.4) is 0 Å². The van der Waals surface area contributed by atoms with Crippen LogP contribution in [-0.2, 0) is 24.2 Å². The first-order valence-corrected chi connectivity index (χ1v) is 7.17. The lowest BCUT2D eigenvalue weighted by Gasteiger charge is -2.04. The van der Waals surface area contributed by atoms with Gasteiger partial charge in [0.05, 0.1) is 5.69 Å². The second kappa shape index (κ2) is 6.15. The van der Waals surface area contributed by atoms with E-state index in [0.717, 1.165) is 28.0 Å². The van der Waals surface area contributed by atoms with Crippen LogP contribution >= 0.6 is 15.9 Å². The zero-order chi connectivity index (χ0) is 13.8. The topological polar surface area (TPSA) is 34.9 Å².